The second-order valence-electron chi connectivity index (χ2n) is 6.45. The van der Waals surface area contributed by atoms with Crippen LogP contribution in [-0.2, 0) is 19.1 Å². The number of rotatable bonds is 1. The van der Waals surface area contributed by atoms with Gasteiger partial charge in [-0.15, -0.1) is 0 Å². The first-order valence-corrected chi connectivity index (χ1v) is 7.43. The van der Waals surface area contributed by atoms with Crippen molar-refractivity contribution in [2.75, 3.05) is 0 Å². The van der Waals surface area contributed by atoms with E-state index in [1.165, 1.54) is 6.07 Å². The molecule has 0 amide bonds. The van der Waals surface area contributed by atoms with Crippen molar-refractivity contribution < 1.29 is 18.3 Å². The fourth-order valence-corrected chi connectivity index (χ4v) is 3.41. The van der Waals surface area contributed by atoms with Crippen LogP contribution >= 0.6 is 0 Å². The Morgan fingerprint density at radius 1 is 1.36 bits per heavy atom. The van der Waals surface area contributed by atoms with Crippen LogP contribution in [0.3, 0.4) is 0 Å². The van der Waals surface area contributed by atoms with Crippen molar-refractivity contribution in [2.24, 2.45) is 11.8 Å². The van der Waals surface area contributed by atoms with E-state index in [0.29, 0.717) is 29.9 Å². The zero-order chi connectivity index (χ0) is 16.2. The second kappa shape index (κ2) is 4.98. The number of aryl methyl sites for hydroxylation is 1. The highest BCUT2D eigenvalue weighted by Crippen LogP contribution is 2.37. The molecule has 0 fully saturated rings. The maximum atomic E-state index is 12.9. The van der Waals surface area contributed by atoms with E-state index in [2.05, 4.69) is 18.8 Å². The van der Waals surface area contributed by atoms with E-state index in [4.69, 9.17) is 0 Å². The number of aliphatic hydroxyl groups is 1. The molecule has 6 heteroatoms. The van der Waals surface area contributed by atoms with Gasteiger partial charge in [-0.1, -0.05) is 13.8 Å². The Labute approximate surface area is 126 Å². The summed E-state index contributed by atoms with van der Waals surface area (Å²) in [6, 6.07) is 1.17. The van der Waals surface area contributed by atoms with Crippen molar-refractivity contribution in [1.82, 2.24) is 9.55 Å². The summed E-state index contributed by atoms with van der Waals surface area (Å²) in [7, 11) is 0. The van der Waals surface area contributed by atoms with Crippen molar-refractivity contribution in [3.05, 3.63) is 29.1 Å². The van der Waals surface area contributed by atoms with Gasteiger partial charge in [0.15, 0.2) is 0 Å². The molecule has 0 aromatic carbocycles. The van der Waals surface area contributed by atoms with E-state index in [0.717, 1.165) is 17.5 Å². The maximum Gasteiger partial charge on any atom is 0.417 e. The molecule has 0 spiro atoms. The summed E-state index contributed by atoms with van der Waals surface area (Å²) in [5, 5.41) is 10.8. The van der Waals surface area contributed by atoms with Gasteiger partial charge in [0, 0.05) is 17.3 Å². The number of nitrogens with zero attached hydrogens (tertiary/aromatic N) is 2. The molecule has 3 rings (SSSR count). The van der Waals surface area contributed by atoms with Crippen LogP contribution in [0.5, 0.6) is 0 Å². The Morgan fingerprint density at radius 2 is 2.05 bits per heavy atom. The summed E-state index contributed by atoms with van der Waals surface area (Å²) in [4.78, 5) is 4.02. The van der Waals surface area contributed by atoms with Crippen LogP contribution in [0.2, 0.25) is 0 Å². The third-order valence-electron chi connectivity index (χ3n) is 4.76. The Hall–Kier alpha value is -1.56. The molecule has 120 valence electrons. The summed E-state index contributed by atoms with van der Waals surface area (Å²) in [6.07, 6.45) is -3.35. The molecule has 0 aliphatic carbocycles. The lowest BCUT2D eigenvalue weighted by Crippen LogP contribution is -2.36. The number of pyridine rings is 1. The third kappa shape index (κ3) is 2.29. The number of alkyl halides is 3. The average molecular weight is 312 g/mol. The van der Waals surface area contributed by atoms with Crippen molar-refractivity contribution in [2.45, 2.75) is 46.0 Å². The fourth-order valence-electron chi connectivity index (χ4n) is 3.41. The van der Waals surface area contributed by atoms with E-state index >= 15 is 0 Å². The molecule has 3 heterocycles. The summed E-state index contributed by atoms with van der Waals surface area (Å²) in [6.45, 7) is 6.34. The lowest BCUT2D eigenvalue weighted by molar-refractivity contribution is -0.137. The molecule has 0 saturated carbocycles. The van der Waals surface area contributed by atoms with E-state index < -0.39 is 17.8 Å². The first kappa shape index (κ1) is 15.3. The average Bonchev–Trinajstić information content (AvgIpc) is 2.69. The Bertz CT molecular complexity index is 718. The topological polar surface area (TPSA) is 38.0 Å². The number of aromatic nitrogens is 2. The Morgan fingerprint density at radius 3 is 2.64 bits per heavy atom. The van der Waals surface area contributed by atoms with Crippen molar-refractivity contribution in [3.63, 3.8) is 0 Å². The van der Waals surface area contributed by atoms with Gasteiger partial charge in [0.2, 0.25) is 0 Å². The molecule has 0 radical (unpaired) electrons. The molecule has 2 atom stereocenters. The van der Waals surface area contributed by atoms with Crippen molar-refractivity contribution >= 4 is 11.0 Å². The van der Waals surface area contributed by atoms with Crippen LogP contribution in [0.15, 0.2) is 12.3 Å². The second-order valence-corrected chi connectivity index (χ2v) is 6.45. The molecule has 3 nitrogen and oxygen atoms in total. The minimum Gasteiger partial charge on any atom is -0.391 e. The lowest BCUT2D eigenvalue weighted by Gasteiger charge is -2.32. The molecule has 1 N–H and O–H groups in total. The molecule has 22 heavy (non-hydrogen) atoms. The van der Waals surface area contributed by atoms with Crippen molar-refractivity contribution in [1.29, 1.82) is 0 Å². The predicted molar refractivity (Wildman–Crippen MR) is 77.5 cm³/mol. The largest absolute Gasteiger partial charge is 0.417 e. The van der Waals surface area contributed by atoms with Gasteiger partial charge in [0.05, 0.1) is 18.2 Å². The molecule has 2 aromatic heterocycles. The first-order valence-electron chi connectivity index (χ1n) is 7.43. The van der Waals surface area contributed by atoms with Gasteiger partial charge in [-0.25, -0.2) is 4.98 Å². The molecule has 0 saturated heterocycles. The number of hydrogen-bond donors (Lipinski definition) is 1. The van der Waals surface area contributed by atoms with E-state index in [1.54, 1.807) is 0 Å². The maximum absolute atomic E-state index is 12.9. The normalized spacial score (nSPS) is 22.4. The van der Waals surface area contributed by atoms with Crippen LogP contribution < -0.4 is 0 Å². The SMILES string of the molecule is Cc1c2n(c3ncc(C(F)(F)F)cc13)CC(O)C(C(C)C)C2. The summed E-state index contributed by atoms with van der Waals surface area (Å²) in [5.74, 6) is 0.442. The van der Waals surface area contributed by atoms with E-state index in [-0.39, 0.29) is 5.92 Å². The molecular weight excluding hydrogens is 293 g/mol. The summed E-state index contributed by atoms with van der Waals surface area (Å²) < 4.78 is 40.5. The fraction of sp³-hybridized carbons (Fsp3) is 0.562. The third-order valence-corrected chi connectivity index (χ3v) is 4.76. The lowest BCUT2D eigenvalue weighted by atomic mass is 9.83. The number of aliphatic hydroxyl groups excluding tert-OH is 1. The van der Waals surface area contributed by atoms with Crippen molar-refractivity contribution in [3.8, 4) is 0 Å². The zero-order valence-electron chi connectivity index (χ0n) is 12.8. The van der Waals surface area contributed by atoms with Crippen LogP contribution in [0.25, 0.3) is 11.0 Å². The van der Waals surface area contributed by atoms with Gasteiger partial charge < -0.3 is 9.67 Å². The Balaban J connectivity index is 2.15. The van der Waals surface area contributed by atoms with Crippen LogP contribution in [0.1, 0.15) is 30.7 Å². The van der Waals surface area contributed by atoms with Crippen LogP contribution in [0.4, 0.5) is 13.2 Å². The summed E-state index contributed by atoms with van der Waals surface area (Å²) in [5.41, 5.74) is 1.63. The van der Waals surface area contributed by atoms with Gasteiger partial charge in [0.25, 0.3) is 0 Å². The molecular formula is C16H19F3N2O. The standard InChI is InChI=1S/C16H19F3N2O/c1-8(2)11-5-13-9(3)12-4-10(16(17,18)19)6-20-15(12)21(13)7-14(11)22/h4,6,8,11,14,22H,5,7H2,1-3H3. The molecule has 2 unspecified atom stereocenters. The van der Waals surface area contributed by atoms with Gasteiger partial charge >= 0.3 is 6.18 Å². The minimum absolute atomic E-state index is 0.123. The van der Waals surface area contributed by atoms with Gasteiger partial charge in [0.1, 0.15) is 5.65 Å². The molecule has 0 bridgehead atoms. The minimum atomic E-state index is -4.39. The first-order chi connectivity index (χ1) is 10.2. The quantitative estimate of drug-likeness (QED) is 0.874. The van der Waals surface area contributed by atoms with Crippen LogP contribution in [0, 0.1) is 18.8 Å². The van der Waals surface area contributed by atoms with E-state index in [9.17, 15) is 18.3 Å². The van der Waals surface area contributed by atoms with Gasteiger partial charge in [-0.3, -0.25) is 0 Å². The van der Waals surface area contributed by atoms with Gasteiger partial charge in [-0.05, 0) is 36.8 Å². The number of hydrogen-bond acceptors (Lipinski definition) is 2. The van der Waals surface area contributed by atoms with E-state index in [1.807, 2.05) is 11.5 Å². The highest BCUT2D eigenvalue weighted by atomic mass is 19.4. The molecule has 2 aromatic rings. The Kier molecular flexibility index (Phi) is 3.47. The predicted octanol–water partition coefficient (Wildman–Crippen LogP) is 3.55. The summed E-state index contributed by atoms with van der Waals surface area (Å²) >= 11 is 0. The highest BCUT2D eigenvalue weighted by molar-refractivity contribution is 5.83. The number of fused-ring (bicyclic) bond motifs is 3. The smallest absolute Gasteiger partial charge is 0.391 e. The number of halogens is 3. The monoisotopic (exact) mass is 312 g/mol. The zero-order valence-corrected chi connectivity index (χ0v) is 12.8. The van der Waals surface area contributed by atoms with Crippen LogP contribution in [-0.4, -0.2) is 20.8 Å². The molecule has 1 aliphatic heterocycles. The molecule has 1 aliphatic rings. The van der Waals surface area contributed by atoms with Gasteiger partial charge in [-0.2, -0.15) is 13.2 Å². The highest BCUT2D eigenvalue weighted by Gasteiger charge is 2.35.